The van der Waals surface area contributed by atoms with Crippen molar-refractivity contribution < 1.29 is 9.53 Å². The van der Waals surface area contributed by atoms with Crippen LogP contribution in [0.5, 0.6) is 0 Å². The third-order valence-electron chi connectivity index (χ3n) is 3.25. The lowest BCUT2D eigenvalue weighted by atomic mass is 10.3. The summed E-state index contributed by atoms with van der Waals surface area (Å²) in [4.78, 5) is 21.6. The summed E-state index contributed by atoms with van der Waals surface area (Å²) in [7, 11) is 0. The maximum Gasteiger partial charge on any atom is 0.350 e. The molecule has 0 bridgehead atoms. The number of thiazole rings is 1. The summed E-state index contributed by atoms with van der Waals surface area (Å²) in [6, 6.07) is -0.0423. The van der Waals surface area contributed by atoms with Gasteiger partial charge in [-0.2, -0.15) is 11.8 Å². The van der Waals surface area contributed by atoms with Gasteiger partial charge in [-0.25, -0.2) is 9.78 Å². The average molecular weight is 500 g/mol. The van der Waals surface area contributed by atoms with Crippen LogP contribution in [0.25, 0.3) is 0 Å². The predicted octanol–water partition coefficient (Wildman–Crippen LogP) is 3.61. The lowest BCUT2D eigenvalue weighted by Gasteiger charge is -2.16. The first-order chi connectivity index (χ1) is 11.4. The fraction of sp³-hybridized carbons (Fsp3) is 0.688. The van der Waals surface area contributed by atoms with E-state index in [1.165, 1.54) is 11.3 Å². The zero-order valence-corrected chi connectivity index (χ0v) is 19.7. The number of nitrogens with one attached hydrogen (secondary N) is 2. The molecule has 2 N–H and O–H groups in total. The Labute approximate surface area is 176 Å². The lowest BCUT2D eigenvalue weighted by Crippen LogP contribution is -2.39. The number of hydrogen-bond donors (Lipinski definition) is 2. The Kier molecular flexibility index (Phi) is 12.5. The van der Waals surface area contributed by atoms with E-state index in [0.29, 0.717) is 22.4 Å². The number of hydrogen-bond acceptors (Lipinski definition) is 6. The molecule has 0 fully saturated rings. The van der Waals surface area contributed by atoms with Gasteiger partial charge < -0.3 is 15.4 Å². The molecule has 2 unspecified atom stereocenters. The number of thioether (sulfide) groups is 1. The number of aliphatic imine (C=N–C) groups is 1. The summed E-state index contributed by atoms with van der Waals surface area (Å²) in [5.74, 6) is 0.455. The minimum absolute atomic E-state index is 0. The Balaban J connectivity index is 0.00000576. The van der Waals surface area contributed by atoms with Crippen LogP contribution >= 0.6 is 47.1 Å². The highest BCUT2D eigenvalue weighted by atomic mass is 127. The Morgan fingerprint density at radius 1 is 1.40 bits per heavy atom. The van der Waals surface area contributed by atoms with Crippen molar-refractivity contribution in [2.24, 2.45) is 4.99 Å². The second-order valence-electron chi connectivity index (χ2n) is 5.32. The van der Waals surface area contributed by atoms with Crippen molar-refractivity contribution in [3.8, 4) is 0 Å². The predicted molar refractivity (Wildman–Crippen MR) is 119 cm³/mol. The molecule has 0 radical (unpaired) electrons. The zero-order chi connectivity index (χ0) is 18.1. The Hall–Kier alpha value is -0.550. The smallest absolute Gasteiger partial charge is 0.350 e. The van der Waals surface area contributed by atoms with Gasteiger partial charge in [0.2, 0.25) is 0 Å². The van der Waals surface area contributed by atoms with Crippen molar-refractivity contribution in [1.29, 1.82) is 0 Å². The largest absolute Gasteiger partial charge is 0.462 e. The van der Waals surface area contributed by atoms with E-state index >= 15 is 0 Å². The van der Waals surface area contributed by atoms with Crippen molar-refractivity contribution in [1.82, 2.24) is 15.6 Å². The lowest BCUT2D eigenvalue weighted by molar-refractivity contribution is 0.0531. The summed E-state index contributed by atoms with van der Waals surface area (Å²) in [5.41, 5.74) is 0.708. The summed E-state index contributed by atoms with van der Waals surface area (Å²) >= 11 is 3.16. The van der Waals surface area contributed by atoms with E-state index in [0.717, 1.165) is 24.1 Å². The molecular weight excluding hydrogens is 471 g/mol. The molecule has 0 saturated carbocycles. The van der Waals surface area contributed by atoms with E-state index in [-0.39, 0.29) is 36.0 Å². The summed E-state index contributed by atoms with van der Waals surface area (Å²) in [5, 5.41) is 7.90. The molecule has 1 heterocycles. The number of ether oxygens (including phenoxy) is 1. The number of nitrogens with zero attached hydrogens (tertiary/aromatic N) is 2. The van der Waals surface area contributed by atoms with Gasteiger partial charge in [-0.15, -0.1) is 35.3 Å². The molecule has 1 aromatic heterocycles. The van der Waals surface area contributed by atoms with E-state index in [1.54, 1.807) is 18.7 Å². The third kappa shape index (κ3) is 8.12. The topological polar surface area (TPSA) is 75.6 Å². The van der Waals surface area contributed by atoms with Crippen molar-refractivity contribution in [3.05, 3.63) is 15.6 Å². The highest BCUT2D eigenvalue weighted by Gasteiger charge is 2.20. The molecule has 1 rings (SSSR count). The van der Waals surface area contributed by atoms with Gasteiger partial charge in [0.15, 0.2) is 5.96 Å². The molecule has 0 aliphatic rings. The normalized spacial score (nSPS) is 13.6. The van der Waals surface area contributed by atoms with Crippen LogP contribution in [0.15, 0.2) is 4.99 Å². The number of guanidine groups is 1. The fourth-order valence-electron chi connectivity index (χ4n) is 1.87. The van der Waals surface area contributed by atoms with Gasteiger partial charge in [-0.3, -0.25) is 4.99 Å². The minimum atomic E-state index is -0.305. The summed E-state index contributed by atoms with van der Waals surface area (Å²) in [6.07, 6.45) is 2.08. The molecule has 144 valence electrons. The van der Waals surface area contributed by atoms with E-state index in [9.17, 15) is 4.79 Å². The Morgan fingerprint density at radius 2 is 2.08 bits per heavy atom. The average Bonchev–Trinajstić information content (AvgIpc) is 2.94. The van der Waals surface area contributed by atoms with Crippen LogP contribution in [0.2, 0.25) is 0 Å². The van der Waals surface area contributed by atoms with Crippen LogP contribution in [-0.4, -0.2) is 48.1 Å². The maximum absolute atomic E-state index is 11.9. The number of rotatable bonds is 8. The zero-order valence-electron chi connectivity index (χ0n) is 15.7. The monoisotopic (exact) mass is 500 g/mol. The van der Waals surface area contributed by atoms with Gasteiger partial charge in [0.25, 0.3) is 0 Å². The molecule has 0 aliphatic carbocycles. The second kappa shape index (κ2) is 12.7. The second-order valence-corrected chi connectivity index (χ2v) is 7.63. The molecule has 0 aliphatic heterocycles. The van der Waals surface area contributed by atoms with Crippen LogP contribution in [0.3, 0.4) is 0 Å². The number of halogens is 1. The van der Waals surface area contributed by atoms with Crippen molar-refractivity contribution >= 4 is 59.0 Å². The number of aromatic nitrogens is 1. The first-order valence-corrected chi connectivity index (χ1v) is 10.2. The highest BCUT2D eigenvalue weighted by molar-refractivity contribution is 14.0. The quantitative estimate of drug-likeness (QED) is 0.246. The molecule has 6 nitrogen and oxygen atoms in total. The fourth-order valence-corrected chi connectivity index (χ4v) is 3.06. The van der Waals surface area contributed by atoms with Crippen molar-refractivity contribution in [3.63, 3.8) is 0 Å². The van der Waals surface area contributed by atoms with E-state index in [1.807, 2.05) is 20.8 Å². The van der Waals surface area contributed by atoms with Crippen LogP contribution in [0.1, 0.15) is 54.1 Å². The molecule has 0 amide bonds. The maximum atomic E-state index is 11.9. The molecule has 0 aromatic carbocycles. The molecule has 0 saturated heterocycles. The van der Waals surface area contributed by atoms with Gasteiger partial charge >= 0.3 is 5.97 Å². The third-order valence-corrected chi connectivity index (χ3v) is 5.52. The first kappa shape index (κ1) is 24.5. The standard InChI is InChI=1S/C16H28N4O2S2.HI/c1-7-17-16(18-9-10(3)23-6)20-12(5)14-19-11(4)13(24-14)15(21)22-8-2;/h10,12H,7-9H2,1-6H3,(H2,17,18,20);1H. The number of esters is 1. The molecular formula is C16H29IN4O2S2. The molecule has 9 heteroatoms. The first-order valence-electron chi connectivity index (χ1n) is 8.14. The van der Waals surface area contributed by atoms with E-state index in [4.69, 9.17) is 4.74 Å². The molecule has 0 spiro atoms. The van der Waals surface area contributed by atoms with Crippen molar-refractivity contribution in [2.45, 2.75) is 45.9 Å². The van der Waals surface area contributed by atoms with Gasteiger partial charge in [-0.05, 0) is 34.0 Å². The Morgan fingerprint density at radius 3 is 2.64 bits per heavy atom. The minimum Gasteiger partial charge on any atom is -0.462 e. The summed E-state index contributed by atoms with van der Waals surface area (Å²) < 4.78 is 5.07. The van der Waals surface area contributed by atoms with Gasteiger partial charge in [0.1, 0.15) is 9.88 Å². The van der Waals surface area contributed by atoms with Gasteiger partial charge in [0.05, 0.1) is 24.9 Å². The molecule has 25 heavy (non-hydrogen) atoms. The number of aryl methyl sites for hydroxylation is 1. The SMILES string of the molecule is CCNC(=NCC(C)SC)NC(C)c1nc(C)c(C(=O)OCC)s1.I. The molecule has 2 atom stereocenters. The van der Waals surface area contributed by atoms with Crippen molar-refractivity contribution in [2.75, 3.05) is 26.0 Å². The van der Waals surface area contributed by atoms with E-state index in [2.05, 4.69) is 33.8 Å². The van der Waals surface area contributed by atoms with Crippen LogP contribution in [0.4, 0.5) is 0 Å². The highest BCUT2D eigenvalue weighted by Crippen LogP contribution is 2.24. The summed E-state index contributed by atoms with van der Waals surface area (Å²) in [6.45, 7) is 11.7. The Bertz CT molecular complexity index is 566. The van der Waals surface area contributed by atoms with Crippen LogP contribution in [0, 0.1) is 6.92 Å². The van der Waals surface area contributed by atoms with Crippen LogP contribution in [-0.2, 0) is 4.74 Å². The van der Waals surface area contributed by atoms with Crippen LogP contribution < -0.4 is 10.6 Å². The number of carbonyl (C=O) groups excluding carboxylic acids is 1. The van der Waals surface area contributed by atoms with Gasteiger partial charge in [-0.1, -0.05) is 6.92 Å². The van der Waals surface area contributed by atoms with Gasteiger partial charge in [0, 0.05) is 11.8 Å². The number of carbonyl (C=O) groups is 1. The molecule has 1 aromatic rings. The van der Waals surface area contributed by atoms with E-state index < -0.39 is 0 Å².